The molecule has 5 nitrogen and oxygen atoms in total. The molecule has 0 saturated carbocycles. The lowest BCUT2D eigenvalue weighted by Crippen LogP contribution is -2.49. The maximum Gasteiger partial charge on any atom is 0.317 e. The number of carbonyl (C=O) groups excluding carboxylic acids is 1. The normalized spacial score (nSPS) is 21.2. The Morgan fingerprint density at radius 3 is 2.44 bits per heavy atom. The molecule has 0 radical (unpaired) electrons. The van der Waals surface area contributed by atoms with Crippen molar-refractivity contribution >= 4 is 6.03 Å². The lowest BCUT2D eigenvalue weighted by atomic mass is 9.84. The molecular weight excluding hydrogens is 338 g/mol. The summed E-state index contributed by atoms with van der Waals surface area (Å²) in [5.74, 6) is 0.739. The number of hydrogen-bond acceptors (Lipinski definition) is 3. The third-order valence-electron chi connectivity index (χ3n) is 6.26. The molecule has 5 heteroatoms. The largest absolute Gasteiger partial charge is 0.385 e. The quantitative estimate of drug-likeness (QED) is 0.805. The van der Waals surface area contributed by atoms with Gasteiger partial charge in [-0.25, -0.2) is 4.79 Å². The van der Waals surface area contributed by atoms with Crippen molar-refractivity contribution in [3.8, 4) is 0 Å². The van der Waals surface area contributed by atoms with Crippen LogP contribution in [0, 0.1) is 5.92 Å². The number of urea groups is 1. The molecule has 0 unspecified atom stereocenters. The van der Waals surface area contributed by atoms with Gasteiger partial charge >= 0.3 is 6.03 Å². The maximum absolute atomic E-state index is 12.4. The Kier molecular flexibility index (Phi) is 7.13. The smallest absolute Gasteiger partial charge is 0.317 e. The third-order valence-corrected chi connectivity index (χ3v) is 6.26. The van der Waals surface area contributed by atoms with Gasteiger partial charge in [-0.3, -0.25) is 0 Å². The van der Waals surface area contributed by atoms with Gasteiger partial charge in [-0.05, 0) is 69.6 Å². The molecule has 0 spiro atoms. The Labute approximate surface area is 163 Å². The number of carbonyl (C=O) groups is 1. The van der Waals surface area contributed by atoms with Crippen LogP contribution in [-0.4, -0.2) is 60.2 Å². The van der Waals surface area contributed by atoms with Crippen LogP contribution in [-0.2, 0) is 5.60 Å². The van der Waals surface area contributed by atoms with E-state index in [1.54, 1.807) is 0 Å². The third kappa shape index (κ3) is 5.45. The van der Waals surface area contributed by atoms with Crippen molar-refractivity contribution < 1.29 is 9.90 Å². The summed E-state index contributed by atoms with van der Waals surface area (Å²) in [5.41, 5.74) is 0.157. The molecule has 0 atom stereocenters. The first kappa shape index (κ1) is 20.2. The zero-order valence-corrected chi connectivity index (χ0v) is 16.7. The summed E-state index contributed by atoms with van der Waals surface area (Å²) in [4.78, 5) is 16.9. The van der Waals surface area contributed by atoms with Gasteiger partial charge in [-0.2, -0.15) is 0 Å². The Hall–Kier alpha value is -1.59. The minimum atomic E-state index is -0.801. The number of benzene rings is 1. The number of nitrogens with zero attached hydrogens (tertiary/aromatic N) is 2. The first-order chi connectivity index (χ1) is 13.1. The van der Waals surface area contributed by atoms with Crippen LogP contribution in [0.5, 0.6) is 0 Å². The Morgan fingerprint density at radius 1 is 1.15 bits per heavy atom. The van der Waals surface area contributed by atoms with E-state index in [0.29, 0.717) is 25.9 Å². The molecule has 27 heavy (non-hydrogen) atoms. The predicted molar refractivity (Wildman–Crippen MR) is 109 cm³/mol. The molecule has 2 fully saturated rings. The van der Waals surface area contributed by atoms with Crippen LogP contribution < -0.4 is 5.32 Å². The van der Waals surface area contributed by atoms with Crippen LogP contribution in [0.3, 0.4) is 0 Å². The summed E-state index contributed by atoms with van der Waals surface area (Å²) in [6, 6.07) is 9.85. The summed E-state index contributed by atoms with van der Waals surface area (Å²) in [6.07, 6.45) is 6.01. The maximum atomic E-state index is 12.4. The lowest BCUT2D eigenvalue weighted by Gasteiger charge is -2.38. The van der Waals surface area contributed by atoms with Crippen LogP contribution in [0.1, 0.15) is 51.0 Å². The lowest BCUT2D eigenvalue weighted by molar-refractivity contribution is -0.0168. The van der Waals surface area contributed by atoms with Crippen LogP contribution in [0.25, 0.3) is 0 Å². The van der Waals surface area contributed by atoms with E-state index in [2.05, 4.69) is 17.1 Å². The number of aliphatic hydroxyl groups is 1. The molecule has 0 aliphatic carbocycles. The van der Waals surface area contributed by atoms with Gasteiger partial charge in [0.15, 0.2) is 0 Å². The van der Waals surface area contributed by atoms with E-state index in [4.69, 9.17) is 0 Å². The second-order valence-corrected chi connectivity index (χ2v) is 8.19. The van der Waals surface area contributed by atoms with E-state index in [1.807, 2.05) is 35.2 Å². The van der Waals surface area contributed by atoms with E-state index in [9.17, 15) is 9.90 Å². The van der Waals surface area contributed by atoms with Crippen molar-refractivity contribution in [2.45, 2.75) is 51.0 Å². The Morgan fingerprint density at radius 2 is 1.81 bits per heavy atom. The van der Waals surface area contributed by atoms with Crippen LogP contribution in [0.2, 0.25) is 0 Å². The fraction of sp³-hybridized carbons (Fsp3) is 0.682. The van der Waals surface area contributed by atoms with Crippen LogP contribution in [0.15, 0.2) is 30.3 Å². The van der Waals surface area contributed by atoms with Crippen molar-refractivity contribution in [2.75, 3.05) is 39.3 Å². The molecule has 0 aromatic heterocycles. The SMILES string of the molecule is CCCN1CCC(CCNC(=O)N2CCC(O)(c3ccccc3)CC2)CC1. The highest BCUT2D eigenvalue weighted by molar-refractivity contribution is 5.74. The summed E-state index contributed by atoms with van der Waals surface area (Å²) in [5, 5.41) is 14.0. The highest BCUT2D eigenvalue weighted by Gasteiger charge is 2.35. The number of amides is 2. The van der Waals surface area contributed by atoms with Gasteiger partial charge in [-0.1, -0.05) is 37.3 Å². The molecule has 0 bridgehead atoms. The molecular formula is C22H35N3O2. The summed E-state index contributed by atoms with van der Waals surface area (Å²) in [7, 11) is 0. The van der Waals surface area contributed by atoms with Gasteiger partial charge in [0.1, 0.15) is 0 Å². The highest BCUT2D eigenvalue weighted by Crippen LogP contribution is 2.32. The van der Waals surface area contributed by atoms with E-state index in [1.165, 1.54) is 38.9 Å². The first-order valence-corrected chi connectivity index (χ1v) is 10.6. The number of likely N-dealkylation sites (tertiary alicyclic amines) is 2. The standard InChI is InChI=1S/C22H35N3O2/c1-2-14-24-15-9-19(10-16-24)8-13-23-21(26)25-17-11-22(27,12-18-25)20-6-4-3-5-7-20/h3-7,19,27H,2,8-18H2,1H3,(H,23,26). The molecule has 2 heterocycles. The van der Waals surface area contributed by atoms with Crippen molar-refractivity contribution in [2.24, 2.45) is 5.92 Å². The molecule has 3 rings (SSSR count). The van der Waals surface area contributed by atoms with Crippen molar-refractivity contribution in [1.82, 2.24) is 15.1 Å². The second-order valence-electron chi connectivity index (χ2n) is 8.19. The van der Waals surface area contributed by atoms with E-state index >= 15 is 0 Å². The summed E-state index contributed by atoms with van der Waals surface area (Å²) < 4.78 is 0. The minimum absolute atomic E-state index is 0.0218. The van der Waals surface area contributed by atoms with Gasteiger partial charge in [0, 0.05) is 19.6 Å². The van der Waals surface area contributed by atoms with Crippen molar-refractivity contribution in [3.63, 3.8) is 0 Å². The molecule has 2 aliphatic heterocycles. The zero-order valence-electron chi connectivity index (χ0n) is 16.7. The number of piperidine rings is 2. The van der Waals surface area contributed by atoms with E-state index in [0.717, 1.165) is 24.4 Å². The predicted octanol–water partition coefficient (Wildman–Crippen LogP) is 3.19. The zero-order chi connectivity index (χ0) is 19.1. The van der Waals surface area contributed by atoms with Crippen molar-refractivity contribution in [3.05, 3.63) is 35.9 Å². The summed E-state index contributed by atoms with van der Waals surface area (Å²) in [6.45, 7) is 7.83. The average Bonchev–Trinajstić information content (AvgIpc) is 2.71. The van der Waals surface area contributed by atoms with Gasteiger partial charge in [0.05, 0.1) is 5.60 Å². The Bertz CT molecular complexity index is 576. The average molecular weight is 374 g/mol. The topological polar surface area (TPSA) is 55.8 Å². The minimum Gasteiger partial charge on any atom is -0.385 e. The van der Waals surface area contributed by atoms with Gasteiger partial charge in [0.25, 0.3) is 0 Å². The number of rotatable bonds is 6. The fourth-order valence-electron chi connectivity index (χ4n) is 4.43. The first-order valence-electron chi connectivity index (χ1n) is 10.6. The van der Waals surface area contributed by atoms with Crippen LogP contribution >= 0.6 is 0 Å². The van der Waals surface area contributed by atoms with Crippen molar-refractivity contribution in [1.29, 1.82) is 0 Å². The van der Waals surface area contributed by atoms with E-state index < -0.39 is 5.60 Å². The Balaban J connectivity index is 1.35. The van der Waals surface area contributed by atoms with Gasteiger partial charge in [-0.15, -0.1) is 0 Å². The van der Waals surface area contributed by atoms with Gasteiger partial charge in [0.2, 0.25) is 0 Å². The molecule has 2 N–H and O–H groups in total. The van der Waals surface area contributed by atoms with E-state index in [-0.39, 0.29) is 6.03 Å². The number of hydrogen-bond donors (Lipinski definition) is 2. The molecule has 1 aromatic rings. The monoisotopic (exact) mass is 373 g/mol. The molecule has 2 saturated heterocycles. The highest BCUT2D eigenvalue weighted by atomic mass is 16.3. The molecule has 2 amide bonds. The fourth-order valence-corrected chi connectivity index (χ4v) is 4.43. The summed E-state index contributed by atoms with van der Waals surface area (Å²) >= 11 is 0. The number of nitrogens with one attached hydrogen (secondary N) is 1. The second kappa shape index (κ2) is 9.56. The molecule has 1 aromatic carbocycles. The van der Waals surface area contributed by atoms with Gasteiger partial charge < -0.3 is 20.2 Å². The van der Waals surface area contributed by atoms with Crippen LogP contribution in [0.4, 0.5) is 4.79 Å². The molecule has 2 aliphatic rings. The molecule has 150 valence electrons.